The van der Waals surface area contributed by atoms with Gasteiger partial charge in [-0.15, -0.1) is 0 Å². The van der Waals surface area contributed by atoms with Crippen LogP contribution in [-0.2, 0) is 0 Å². The highest BCUT2D eigenvalue weighted by atomic mass is 16.3. The molecule has 0 aromatic rings. The second-order valence-electron chi connectivity index (χ2n) is 6.53. The Morgan fingerprint density at radius 2 is 1.94 bits per heavy atom. The quantitative estimate of drug-likeness (QED) is 0.726. The fourth-order valence-corrected chi connectivity index (χ4v) is 2.48. The summed E-state index contributed by atoms with van der Waals surface area (Å²) < 4.78 is 0. The van der Waals surface area contributed by atoms with Gasteiger partial charge >= 0.3 is 0 Å². The first-order valence-electron chi connectivity index (χ1n) is 6.82. The summed E-state index contributed by atoms with van der Waals surface area (Å²) in [6, 6.07) is 0. The van der Waals surface area contributed by atoms with Crippen LogP contribution in [0.2, 0.25) is 0 Å². The maximum Gasteiger partial charge on any atom is 0.0771 e. The van der Waals surface area contributed by atoms with Crippen molar-refractivity contribution < 1.29 is 5.11 Å². The van der Waals surface area contributed by atoms with E-state index < -0.39 is 5.60 Å². The molecular formula is C14H29NO. The van der Waals surface area contributed by atoms with Gasteiger partial charge in [-0.05, 0) is 46.0 Å². The van der Waals surface area contributed by atoms with Gasteiger partial charge in [0.05, 0.1) is 5.60 Å². The lowest BCUT2D eigenvalue weighted by atomic mass is 9.92. The normalized spacial score (nSPS) is 32.4. The molecule has 0 saturated heterocycles. The number of aliphatic hydroxyl groups is 1. The van der Waals surface area contributed by atoms with Crippen LogP contribution in [0.25, 0.3) is 0 Å². The van der Waals surface area contributed by atoms with Crippen molar-refractivity contribution in [3.05, 3.63) is 0 Å². The number of hydrogen-bond acceptors (Lipinski definition) is 2. The molecule has 2 atom stereocenters. The van der Waals surface area contributed by atoms with Gasteiger partial charge in [0.2, 0.25) is 0 Å². The number of hydrogen-bond donors (Lipinski definition) is 2. The fourth-order valence-electron chi connectivity index (χ4n) is 2.48. The Balaban J connectivity index is 2.44. The Hall–Kier alpha value is -0.0800. The maximum atomic E-state index is 10.6. The van der Waals surface area contributed by atoms with E-state index in [9.17, 15) is 5.11 Å². The summed E-state index contributed by atoms with van der Waals surface area (Å²) in [6.45, 7) is 9.47. The fraction of sp³-hybridized carbons (Fsp3) is 1.00. The Morgan fingerprint density at radius 3 is 2.50 bits per heavy atom. The molecule has 0 amide bonds. The second-order valence-corrected chi connectivity index (χ2v) is 6.53. The smallest absolute Gasteiger partial charge is 0.0771 e. The van der Waals surface area contributed by atoms with Crippen LogP contribution in [0, 0.1) is 5.92 Å². The molecule has 0 radical (unpaired) electrons. The molecule has 1 aliphatic rings. The van der Waals surface area contributed by atoms with Crippen LogP contribution in [0.4, 0.5) is 0 Å². The van der Waals surface area contributed by atoms with Crippen LogP contribution in [0.1, 0.15) is 66.2 Å². The summed E-state index contributed by atoms with van der Waals surface area (Å²) in [5.41, 5.74) is -0.358. The predicted octanol–water partition coefficient (Wildman–Crippen LogP) is 3.10. The Morgan fingerprint density at radius 1 is 1.25 bits per heavy atom. The molecule has 1 fully saturated rings. The first kappa shape index (κ1) is 14.0. The van der Waals surface area contributed by atoms with Gasteiger partial charge in [-0.25, -0.2) is 0 Å². The SMILES string of the molecule is CCC1CCCC(O)(CNC(C)(C)C)CC1. The van der Waals surface area contributed by atoms with E-state index in [0.29, 0.717) is 0 Å². The number of nitrogens with one attached hydrogen (secondary N) is 1. The molecule has 0 aliphatic heterocycles. The minimum Gasteiger partial charge on any atom is -0.389 e. The zero-order chi connectivity index (χ0) is 12.2. The summed E-state index contributed by atoms with van der Waals surface area (Å²) in [7, 11) is 0. The topological polar surface area (TPSA) is 32.3 Å². The Bertz CT molecular complexity index is 209. The summed E-state index contributed by atoms with van der Waals surface area (Å²) in [5.74, 6) is 0.837. The van der Waals surface area contributed by atoms with E-state index in [1.807, 2.05) is 0 Å². The molecule has 0 aromatic carbocycles. The summed E-state index contributed by atoms with van der Waals surface area (Å²) in [4.78, 5) is 0. The monoisotopic (exact) mass is 227 g/mol. The average molecular weight is 227 g/mol. The average Bonchev–Trinajstić information content (AvgIpc) is 2.37. The molecule has 2 unspecified atom stereocenters. The first-order valence-corrected chi connectivity index (χ1v) is 6.82. The summed E-state index contributed by atoms with van der Waals surface area (Å²) in [5, 5.41) is 14.0. The lowest BCUT2D eigenvalue weighted by Gasteiger charge is -2.31. The minimum absolute atomic E-state index is 0.103. The maximum absolute atomic E-state index is 10.6. The van der Waals surface area contributed by atoms with Gasteiger partial charge < -0.3 is 10.4 Å². The highest BCUT2D eigenvalue weighted by Crippen LogP contribution is 2.31. The second kappa shape index (κ2) is 5.50. The lowest BCUT2D eigenvalue weighted by Crippen LogP contribution is -2.47. The number of rotatable bonds is 3. The van der Waals surface area contributed by atoms with Crippen molar-refractivity contribution in [1.82, 2.24) is 5.32 Å². The Kier molecular flexibility index (Phi) is 4.81. The van der Waals surface area contributed by atoms with Crippen LogP contribution in [0.5, 0.6) is 0 Å². The van der Waals surface area contributed by atoms with E-state index in [0.717, 1.165) is 25.3 Å². The third-order valence-electron chi connectivity index (χ3n) is 3.80. The molecule has 0 bridgehead atoms. The molecule has 2 N–H and O–H groups in total. The molecule has 0 spiro atoms. The van der Waals surface area contributed by atoms with E-state index >= 15 is 0 Å². The van der Waals surface area contributed by atoms with Gasteiger partial charge in [0.1, 0.15) is 0 Å². The zero-order valence-electron chi connectivity index (χ0n) is 11.5. The van der Waals surface area contributed by atoms with Crippen molar-refractivity contribution >= 4 is 0 Å². The van der Waals surface area contributed by atoms with E-state index in [1.54, 1.807) is 0 Å². The van der Waals surface area contributed by atoms with E-state index in [4.69, 9.17) is 0 Å². The van der Waals surface area contributed by atoms with Gasteiger partial charge in [0, 0.05) is 12.1 Å². The zero-order valence-corrected chi connectivity index (χ0v) is 11.5. The standard InChI is InChI=1S/C14H29NO/c1-5-12-7-6-9-14(16,10-8-12)11-15-13(2,3)4/h12,15-16H,5-11H2,1-4H3. The summed E-state index contributed by atoms with van der Waals surface area (Å²) in [6.07, 6.45) is 6.87. The molecule has 0 heterocycles. The molecule has 1 rings (SSSR count). The molecular weight excluding hydrogens is 198 g/mol. The van der Waals surface area contributed by atoms with Crippen molar-refractivity contribution in [3.8, 4) is 0 Å². The van der Waals surface area contributed by atoms with E-state index in [2.05, 4.69) is 33.0 Å². The van der Waals surface area contributed by atoms with Gasteiger partial charge in [0.25, 0.3) is 0 Å². The molecule has 1 aliphatic carbocycles. The van der Waals surface area contributed by atoms with Crippen LogP contribution in [0.3, 0.4) is 0 Å². The highest BCUT2D eigenvalue weighted by Gasteiger charge is 2.31. The van der Waals surface area contributed by atoms with Crippen molar-refractivity contribution in [3.63, 3.8) is 0 Å². The lowest BCUT2D eigenvalue weighted by molar-refractivity contribution is 0.0188. The van der Waals surface area contributed by atoms with Gasteiger partial charge in [-0.1, -0.05) is 26.2 Å². The highest BCUT2D eigenvalue weighted by molar-refractivity contribution is 4.87. The van der Waals surface area contributed by atoms with Crippen molar-refractivity contribution in [1.29, 1.82) is 0 Å². The van der Waals surface area contributed by atoms with Gasteiger partial charge in [-0.2, -0.15) is 0 Å². The molecule has 0 aromatic heterocycles. The molecule has 2 nitrogen and oxygen atoms in total. The minimum atomic E-state index is -0.461. The van der Waals surface area contributed by atoms with Crippen LogP contribution >= 0.6 is 0 Å². The molecule has 2 heteroatoms. The third kappa shape index (κ3) is 4.84. The van der Waals surface area contributed by atoms with E-state index in [1.165, 1.54) is 25.7 Å². The summed E-state index contributed by atoms with van der Waals surface area (Å²) >= 11 is 0. The van der Waals surface area contributed by atoms with Gasteiger partial charge in [-0.3, -0.25) is 0 Å². The first-order chi connectivity index (χ1) is 7.35. The van der Waals surface area contributed by atoms with Crippen LogP contribution < -0.4 is 5.32 Å². The van der Waals surface area contributed by atoms with Crippen molar-refractivity contribution in [2.45, 2.75) is 77.4 Å². The molecule has 16 heavy (non-hydrogen) atoms. The van der Waals surface area contributed by atoms with Crippen LogP contribution in [-0.4, -0.2) is 22.8 Å². The number of β-amino-alcohol motifs (C(OH)–C–C–N with tert-alkyl or cyclic N) is 1. The van der Waals surface area contributed by atoms with Crippen LogP contribution in [0.15, 0.2) is 0 Å². The molecule has 96 valence electrons. The largest absolute Gasteiger partial charge is 0.389 e. The third-order valence-corrected chi connectivity index (χ3v) is 3.80. The van der Waals surface area contributed by atoms with Crippen molar-refractivity contribution in [2.24, 2.45) is 5.92 Å². The Labute approximate surface area is 101 Å². The van der Waals surface area contributed by atoms with E-state index in [-0.39, 0.29) is 5.54 Å². The predicted molar refractivity (Wildman–Crippen MR) is 69.6 cm³/mol. The van der Waals surface area contributed by atoms with Gasteiger partial charge in [0.15, 0.2) is 0 Å². The van der Waals surface area contributed by atoms with Crippen molar-refractivity contribution in [2.75, 3.05) is 6.54 Å². The molecule has 1 saturated carbocycles.